The van der Waals surface area contributed by atoms with Gasteiger partial charge in [0, 0.05) is 18.2 Å². The largest absolute Gasteiger partial charge is 0.376 e. The zero-order valence-electron chi connectivity index (χ0n) is 12.1. The lowest BCUT2D eigenvalue weighted by Crippen LogP contribution is -2.13. The summed E-state index contributed by atoms with van der Waals surface area (Å²) in [4.78, 5) is 11.9. The summed E-state index contributed by atoms with van der Waals surface area (Å²) in [6.07, 6.45) is 2.16. The van der Waals surface area contributed by atoms with E-state index in [0.29, 0.717) is 18.8 Å². The van der Waals surface area contributed by atoms with Gasteiger partial charge in [-0.25, -0.2) is 0 Å². The molecule has 0 saturated carbocycles. The lowest BCUT2D eigenvalue weighted by molar-refractivity contribution is -0.116. The molecule has 0 radical (unpaired) electrons. The summed E-state index contributed by atoms with van der Waals surface area (Å²) in [5.74, 6) is 0.562. The molecule has 2 N–H and O–H groups in total. The van der Waals surface area contributed by atoms with E-state index in [1.54, 1.807) is 0 Å². The molecule has 5 nitrogen and oxygen atoms in total. The Hall–Kier alpha value is -2.14. The van der Waals surface area contributed by atoms with Crippen molar-refractivity contribution in [1.82, 2.24) is 10.2 Å². The number of amides is 1. The van der Waals surface area contributed by atoms with E-state index >= 15 is 0 Å². The number of hydrogen-bond acceptors (Lipinski definition) is 3. The Morgan fingerprint density at radius 2 is 2.29 bits per heavy atom. The number of ether oxygens (including phenoxy) is 1. The van der Waals surface area contributed by atoms with Crippen molar-refractivity contribution in [2.75, 3.05) is 11.9 Å². The highest BCUT2D eigenvalue weighted by molar-refractivity contribution is 5.89. The van der Waals surface area contributed by atoms with Crippen molar-refractivity contribution >= 4 is 11.7 Å². The smallest absolute Gasteiger partial charge is 0.225 e. The van der Waals surface area contributed by atoms with Crippen LogP contribution < -0.4 is 5.32 Å². The standard InChI is InChI=1S/C16H19N3O2/c1-11-8-15(19-18-11)17-16(20)5-3-12-2-4-13-6-7-21-10-14(13)9-12/h2,4,8-9H,3,5-7,10H2,1H3,(H2,17,18,19,20). The topological polar surface area (TPSA) is 67.0 Å². The fourth-order valence-electron chi connectivity index (χ4n) is 2.52. The first-order valence-corrected chi connectivity index (χ1v) is 7.21. The number of anilines is 1. The molecule has 2 heterocycles. The molecule has 0 spiro atoms. The van der Waals surface area contributed by atoms with E-state index in [0.717, 1.165) is 25.1 Å². The Morgan fingerprint density at radius 1 is 1.38 bits per heavy atom. The SMILES string of the molecule is Cc1cc(NC(=O)CCc2ccc3c(c2)COCC3)n[nH]1. The van der Waals surface area contributed by atoms with Crippen LogP contribution in [0.3, 0.4) is 0 Å². The Kier molecular flexibility index (Phi) is 4.01. The van der Waals surface area contributed by atoms with Gasteiger partial charge in [-0.15, -0.1) is 0 Å². The van der Waals surface area contributed by atoms with E-state index in [1.807, 2.05) is 13.0 Å². The average Bonchev–Trinajstić information content (AvgIpc) is 2.90. The van der Waals surface area contributed by atoms with Gasteiger partial charge in [-0.05, 0) is 36.5 Å². The summed E-state index contributed by atoms with van der Waals surface area (Å²) in [7, 11) is 0. The highest BCUT2D eigenvalue weighted by Gasteiger charge is 2.11. The van der Waals surface area contributed by atoms with Gasteiger partial charge in [0.2, 0.25) is 5.91 Å². The molecule has 0 aliphatic carbocycles. The third-order valence-electron chi connectivity index (χ3n) is 3.66. The van der Waals surface area contributed by atoms with Gasteiger partial charge in [-0.3, -0.25) is 9.89 Å². The predicted octanol–water partition coefficient (Wildman–Crippen LogP) is 2.36. The number of hydrogen-bond donors (Lipinski definition) is 2. The maximum Gasteiger partial charge on any atom is 0.225 e. The zero-order chi connectivity index (χ0) is 14.7. The molecule has 1 amide bonds. The lowest BCUT2D eigenvalue weighted by atomic mass is 9.98. The highest BCUT2D eigenvalue weighted by Crippen LogP contribution is 2.19. The molecule has 1 aromatic heterocycles. The summed E-state index contributed by atoms with van der Waals surface area (Å²) in [6, 6.07) is 8.23. The number of H-pyrrole nitrogens is 1. The van der Waals surface area contributed by atoms with Gasteiger partial charge < -0.3 is 10.1 Å². The second kappa shape index (κ2) is 6.10. The van der Waals surface area contributed by atoms with Crippen molar-refractivity contribution in [1.29, 1.82) is 0 Å². The Morgan fingerprint density at radius 3 is 3.10 bits per heavy atom. The third-order valence-corrected chi connectivity index (χ3v) is 3.66. The Labute approximate surface area is 123 Å². The number of rotatable bonds is 4. The van der Waals surface area contributed by atoms with Crippen molar-refractivity contribution < 1.29 is 9.53 Å². The van der Waals surface area contributed by atoms with Crippen molar-refractivity contribution in [3.63, 3.8) is 0 Å². The second-order valence-electron chi connectivity index (χ2n) is 5.39. The number of carbonyl (C=O) groups is 1. The first-order chi connectivity index (χ1) is 10.2. The minimum atomic E-state index is -0.0181. The van der Waals surface area contributed by atoms with Gasteiger partial charge in [0.05, 0.1) is 13.2 Å². The summed E-state index contributed by atoms with van der Waals surface area (Å²) in [6.45, 7) is 3.39. The van der Waals surface area contributed by atoms with Crippen LogP contribution >= 0.6 is 0 Å². The summed E-state index contributed by atoms with van der Waals surface area (Å²) in [5, 5.41) is 9.59. The molecule has 0 saturated heterocycles. The van der Waals surface area contributed by atoms with Crippen LogP contribution in [0.1, 0.15) is 28.8 Å². The van der Waals surface area contributed by atoms with Gasteiger partial charge in [0.25, 0.3) is 0 Å². The van der Waals surface area contributed by atoms with Crippen molar-refractivity contribution in [3.05, 3.63) is 46.6 Å². The normalized spacial score (nSPS) is 13.8. The van der Waals surface area contributed by atoms with E-state index in [4.69, 9.17) is 4.74 Å². The minimum Gasteiger partial charge on any atom is -0.376 e. The first kappa shape index (κ1) is 13.8. The molecule has 2 aromatic rings. The number of benzene rings is 1. The van der Waals surface area contributed by atoms with Crippen molar-refractivity contribution in [2.24, 2.45) is 0 Å². The zero-order valence-corrected chi connectivity index (χ0v) is 12.1. The van der Waals surface area contributed by atoms with E-state index in [2.05, 4.69) is 33.7 Å². The quantitative estimate of drug-likeness (QED) is 0.906. The molecule has 1 aliphatic heterocycles. The van der Waals surface area contributed by atoms with Gasteiger partial charge in [0.15, 0.2) is 5.82 Å². The molecule has 0 bridgehead atoms. The van der Waals surface area contributed by atoms with Crippen LogP contribution in [0.15, 0.2) is 24.3 Å². The highest BCUT2D eigenvalue weighted by atomic mass is 16.5. The van der Waals surface area contributed by atoms with Gasteiger partial charge in [0.1, 0.15) is 0 Å². The van der Waals surface area contributed by atoms with Gasteiger partial charge in [-0.2, -0.15) is 5.10 Å². The number of aryl methyl sites for hydroxylation is 2. The monoisotopic (exact) mass is 285 g/mol. The lowest BCUT2D eigenvalue weighted by Gasteiger charge is -2.17. The molecule has 21 heavy (non-hydrogen) atoms. The van der Waals surface area contributed by atoms with E-state index in [-0.39, 0.29) is 5.91 Å². The van der Waals surface area contributed by atoms with E-state index in [1.165, 1.54) is 16.7 Å². The van der Waals surface area contributed by atoms with Gasteiger partial charge >= 0.3 is 0 Å². The number of fused-ring (bicyclic) bond motifs is 1. The van der Waals surface area contributed by atoms with Crippen molar-refractivity contribution in [3.8, 4) is 0 Å². The minimum absolute atomic E-state index is 0.0181. The van der Waals surface area contributed by atoms with Crippen LogP contribution in [-0.2, 0) is 29.0 Å². The number of aromatic amines is 1. The maximum atomic E-state index is 11.9. The third kappa shape index (κ3) is 3.49. The molecule has 1 aliphatic rings. The summed E-state index contributed by atoms with van der Waals surface area (Å²) < 4.78 is 5.47. The Bertz CT molecular complexity index is 649. The maximum absolute atomic E-state index is 11.9. The average molecular weight is 285 g/mol. The van der Waals surface area contributed by atoms with Crippen LogP contribution in [0, 0.1) is 6.92 Å². The molecule has 5 heteroatoms. The summed E-state index contributed by atoms with van der Waals surface area (Å²) >= 11 is 0. The molecule has 0 unspecified atom stereocenters. The van der Waals surface area contributed by atoms with Crippen LogP contribution in [0.5, 0.6) is 0 Å². The molecular formula is C16H19N3O2. The number of nitrogens with one attached hydrogen (secondary N) is 2. The molecule has 3 rings (SSSR count). The number of aromatic nitrogens is 2. The molecular weight excluding hydrogens is 266 g/mol. The predicted molar refractivity (Wildman–Crippen MR) is 80.1 cm³/mol. The molecule has 110 valence electrons. The number of nitrogens with zero attached hydrogens (tertiary/aromatic N) is 1. The van der Waals surface area contributed by atoms with Crippen molar-refractivity contribution in [2.45, 2.75) is 32.8 Å². The molecule has 0 fully saturated rings. The van der Waals surface area contributed by atoms with E-state index < -0.39 is 0 Å². The van der Waals surface area contributed by atoms with Crippen LogP contribution in [0.4, 0.5) is 5.82 Å². The van der Waals surface area contributed by atoms with Gasteiger partial charge in [-0.1, -0.05) is 18.2 Å². The molecule has 0 atom stereocenters. The van der Waals surface area contributed by atoms with Crippen LogP contribution in [0.2, 0.25) is 0 Å². The fraction of sp³-hybridized carbons (Fsp3) is 0.375. The summed E-state index contributed by atoms with van der Waals surface area (Å²) in [5.41, 5.74) is 4.72. The fourth-order valence-corrected chi connectivity index (χ4v) is 2.52. The van der Waals surface area contributed by atoms with Crippen LogP contribution in [0.25, 0.3) is 0 Å². The Balaban J connectivity index is 1.56. The first-order valence-electron chi connectivity index (χ1n) is 7.21. The second-order valence-corrected chi connectivity index (χ2v) is 5.39. The van der Waals surface area contributed by atoms with Crippen LogP contribution in [-0.4, -0.2) is 22.7 Å². The number of carbonyl (C=O) groups excluding carboxylic acids is 1. The molecule has 1 aromatic carbocycles. The van der Waals surface area contributed by atoms with E-state index in [9.17, 15) is 4.79 Å².